The molecule has 0 aliphatic heterocycles. The maximum atomic E-state index is 13.2. The van der Waals surface area contributed by atoms with Crippen LogP contribution in [-0.2, 0) is 0 Å². The number of benzene rings is 4. The molecule has 4 rings (SSSR count). The third-order valence-corrected chi connectivity index (χ3v) is 5.03. The molecule has 0 radical (unpaired) electrons. The number of fused-ring (bicyclic) bond motifs is 2. The van der Waals surface area contributed by atoms with Crippen LogP contribution < -0.4 is 5.73 Å². The summed E-state index contributed by atoms with van der Waals surface area (Å²) in [4.78, 5) is 27.3. The van der Waals surface area contributed by atoms with E-state index in [4.69, 9.17) is 5.73 Å². The van der Waals surface area contributed by atoms with Gasteiger partial charge < -0.3 is 15.9 Å². The molecule has 0 aliphatic rings. The molecule has 0 bridgehead atoms. The molecule has 1 atom stereocenters. The highest BCUT2D eigenvalue weighted by Gasteiger charge is 2.30. The first-order valence-electron chi connectivity index (χ1n) is 9.44. The smallest absolute Gasteiger partial charge is 0.265 e. The lowest BCUT2D eigenvalue weighted by Gasteiger charge is -2.25. The normalized spacial score (nSPS) is 12.1. The predicted octanol–water partition coefficient (Wildman–Crippen LogP) is 3.99. The lowest BCUT2D eigenvalue weighted by molar-refractivity contribution is 0.0559. The SMILES string of the molecule is CC(N)N(C(=O)c1cc2ccccc2cc1O)C(=O)c1cc2ccccc2cc1O. The molecular weight excluding hydrogens is 380 g/mol. The number of carbonyl (C=O) groups excluding carboxylic acids is 2. The minimum absolute atomic E-state index is 0.0420. The van der Waals surface area contributed by atoms with E-state index in [1.165, 1.54) is 31.2 Å². The Labute approximate surface area is 172 Å². The number of hydrogen-bond acceptors (Lipinski definition) is 5. The minimum Gasteiger partial charge on any atom is -0.507 e. The molecule has 0 fully saturated rings. The Morgan fingerprint density at radius 3 is 1.40 bits per heavy atom. The Bertz CT molecular complexity index is 1200. The van der Waals surface area contributed by atoms with Crippen LogP contribution in [0.2, 0.25) is 0 Å². The first-order valence-corrected chi connectivity index (χ1v) is 9.44. The van der Waals surface area contributed by atoms with Crippen LogP contribution in [0.15, 0.2) is 72.8 Å². The number of nitrogens with zero attached hydrogens (tertiary/aromatic N) is 1. The minimum atomic E-state index is -0.984. The summed E-state index contributed by atoms with van der Waals surface area (Å²) in [5, 5.41) is 23.8. The maximum Gasteiger partial charge on any atom is 0.265 e. The van der Waals surface area contributed by atoms with E-state index in [9.17, 15) is 19.8 Å². The largest absolute Gasteiger partial charge is 0.507 e. The van der Waals surface area contributed by atoms with Crippen LogP contribution in [0.5, 0.6) is 11.5 Å². The summed E-state index contributed by atoms with van der Waals surface area (Å²) >= 11 is 0. The van der Waals surface area contributed by atoms with Gasteiger partial charge in [-0.1, -0.05) is 48.5 Å². The monoisotopic (exact) mass is 400 g/mol. The molecule has 6 heteroatoms. The highest BCUT2D eigenvalue weighted by atomic mass is 16.3. The Kier molecular flexibility index (Phi) is 4.85. The first kappa shape index (κ1) is 19.4. The van der Waals surface area contributed by atoms with Crippen molar-refractivity contribution in [1.29, 1.82) is 0 Å². The van der Waals surface area contributed by atoms with Gasteiger partial charge in [0, 0.05) is 0 Å². The number of phenolic OH excluding ortho intramolecular Hbond substituents is 2. The van der Waals surface area contributed by atoms with Gasteiger partial charge in [0.2, 0.25) is 0 Å². The second kappa shape index (κ2) is 7.50. The van der Waals surface area contributed by atoms with Crippen molar-refractivity contribution < 1.29 is 19.8 Å². The fourth-order valence-electron chi connectivity index (χ4n) is 3.52. The average Bonchev–Trinajstić information content (AvgIpc) is 2.72. The summed E-state index contributed by atoms with van der Waals surface area (Å²) in [6, 6.07) is 20.5. The summed E-state index contributed by atoms with van der Waals surface area (Å²) in [6.45, 7) is 1.49. The first-order chi connectivity index (χ1) is 14.4. The van der Waals surface area contributed by atoms with E-state index >= 15 is 0 Å². The number of phenols is 2. The maximum absolute atomic E-state index is 13.2. The Morgan fingerprint density at radius 1 is 0.733 bits per heavy atom. The van der Waals surface area contributed by atoms with Crippen molar-refractivity contribution in [3.05, 3.63) is 83.9 Å². The van der Waals surface area contributed by atoms with E-state index in [-0.39, 0.29) is 22.6 Å². The molecule has 2 amide bonds. The zero-order valence-corrected chi connectivity index (χ0v) is 16.2. The van der Waals surface area contributed by atoms with Gasteiger partial charge >= 0.3 is 0 Å². The van der Waals surface area contributed by atoms with E-state index in [2.05, 4.69) is 0 Å². The number of amides is 2. The zero-order chi connectivity index (χ0) is 21.4. The van der Waals surface area contributed by atoms with Gasteiger partial charge in [-0.15, -0.1) is 0 Å². The van der Waals surface area contributed by atoms with Gasteiger partial charge in [0.05, 0.1) is 17.3 Å². The van der Waals surface area contributed by atoms with Crippen LogP contribution in [0, 0.1) is 0 Å². The average molecular weight is 400 g/mol. The van der Waals surface area contributed by atoms with Crippen molar-refractivity contribution in [2.45, 2.75) is 13.1 Å². The van der Waals surface area contributed by atoms with Crippen LogP contribution in [-0.4, -0.2) is 33.1 Å². The summed E-state index contributed by atoms with van der Waals surface area (Å²) < 4.78 is 0. The number of nitrogens with two attached hydrogens (primary N) is 1. The number of rotatable bonds is 3. The van der Waals surface area contributed by atoms with Crippen LogP contribution >= 0.6 is 0 Å². The lowest BCUT2D eigenvalue weighted by Crippen LogP contribution is -2.47. The molecule has 150 valence electrons. The highest BCUT2D eigenvalue weighted by molar-refractivity contribution is 6.14. The molecular formula is C24H20N2O4. The summed E-state index contributed by atoms with van der Waals surface area (Å²) in [6.07, 6.45) is -0.984. The predicted molar refractivity (Wildman–Crippen MR) is 115 cm³/mol. The second-order valence-corrected chi connectivity index (χ2v) is 7.15. The topological polar surface area (TPSA) is 104 Å². The molecule has 30 heavy (non-hydrogen) atoms. The van der Waals surface area contributed by atoms with Crippen molar-refractivity contribution in [1.82, 2.24) is 4.90 Å². The Hall–Kier alpha value is -3.90. The molecule has 0 saturated heterocycles. The molecule has 0 spiro atoms. The molecule has 0 heterocycles. The van der Waals surface area contributed by atoms with Crippen molar-refractivity contribution in [3.63, 3.8) is 0 Å². The molecule has 0 saturated carbocycles. The van der Waals surface area contributed by atoms with Gasteiger partial charge in [-0.3, -0.25) is 14.5 Å². The van der Waals surface area contributed by atoms with Crippen molar-refractivity contribution in [3.8, 4) is 11.5 Å². The van der Waals surface area contributed by atoms with Gasteiger partial charge in [-0.25, -0.2) is 0 Å². The fourth-order valence-corrected chi connectivity index (χ4v) is 3.52. The Balaban J connectivity index is 1.79. The summed E-state index contributed by atoms with van der Waals surface area (Å²) in [5.41, 5.74) is 5.88. The molecule has 6 nitrogen and oxygen atoms in total. The standard InChI is InChI=1S/C24H20N2O4/c1-14(25)26(23(29)19-10-15-6-2-4-8-17(15)12-21(19)27)24(30)20-11-16-7-3-5-9-18(16)13-22(20)28/h2-14,27-28H,25H2,1H3. The van der Waals surface area contributed by atoms with Crippen LogP contribution in [0.4, 0.5) is 0 Å². The van der Waals surface area contributed by atoms with Crippen molar-refractivity contribution >= 4 is 33.4 Å². The van der Waals surface area contributed by atoms with Gasteiger partial charge in [0.15, 0.2) is 0 Å². The van der Waals surface area contributed by atoms with Crippen LogP contribution in [0.1, 0.15) is 27.6 Å². The molecule has 0 aliphatic carbocycles. The van der Waals surface area contributed by atoms with Crippen molar-refractivity contribution in [2.75, 3.05) is 0 Å². The van der Waals surface area contributed by atoms with Crippen LogP contribution in [0.25, 0.3) is 21.5 Å². The molecule has 4 aromatic rings. The van der Waals surface area contributed by atoms with E-state index in [1.54, 1.807) is 12.1 Å². The molecule has 0 aromatic heterocycles. The van der Waals surface area contributed by atoms with Gasteiger partial charge in [-0.2, -0.15) is 0 Å². The van der Waals surface area contributed by atoms with Gasteiger partial charge in [0.1, 0.15) is 11.5 Å². The van der Waals surface area contributed by atoms with E-state index < -0.39 is 18.0 Å². The number of imide groups is 1. The third kappa shape index (κ3) is 3.33. The van der Waals surface area contributed by atoms with Gasteiger partial charge in [0.25, 0.3) is 11.8 Å². The van der Waals surface area contributed by atoms with E-state index in [0.717, 1.165) is 26.4 Å². The lowest BCUT2D eigenvalue weighted by atomic mass is 10.0. The zero-order valence-electron chi connectivity index (χ0n) is 16.2. The number of hydrogen-bond donors (Lipinski definition) is 3. The fraction of sp³-hybridized carbons (Fsp3) is 0.0833. The van der Waals surface area contributed by atoms with Crippen LogP contribution in [0.3, 0.4) is 0 Å². The number of aromatic hydroxyl groups is 2. The van der Waals surface area contributed by atoms with E-state index in [0.29, 0.717) is 0 Å². The van der Waals surface area contributed by atoms with E-state index in [1.807, 2.05) is 36.4 Å². The third-order valence-electron chi connectivity index (χ3n) is 5.03. The molecule has 4 N–H and O–H groups in total. The second-order valence-electron chi connectivity index (χ2n) is 7.15. The molecule has 1 unspecified atom stereocenters. The quantitative estimate of drug-likeness (QED) is 0.356. The highest BCUT2D eigenvalue weighted by Crippen LogP contribution is 2.30. The van der Waals surface area contributed by atoms with Crippen molar-refractivity contribution in [2.24, 2.45) is 5.73 Å². The Morgan fingerprint density at radius 2 is 1.07 bits per heavy atom. The summed E-state index contributed by atoms with van der Waals surface area (Å²) in [5.74, 6) is -1.99. The molecule has 4 aromatic carbocycles. The number of carbonyl (C=O) groups is 2. The summed E-state index contributed by atoms with van der Waals surface area (Å²) in [7, 11) is 0. The van der Waals surface area contributed by atoms with Gasteiger partial charge in [-0.05, 0) is 52.7 Å².